The molecule has 0 radical (unpaired) electrons. The molecule has 1 atom stereocenters. The number of amides is 2. The van der Waals surface area contributed by atoms with Gasteiger partial charge in [-0.3, -0.25) is 9.59 Å². The van der Waals surface area contributed by atoms with Crippen LogP contribution in [0.5, 0.6) is 0 Å². The van der Waals surface area contributed by atoms with Gasteiger partial charge in [0, 0.05) is 57.3 Å². The molecule has 1 aromatic rings. The molecule has 3 saturated heterocycles. The fourth-order valence-electron chi connectivity index (χ4n) is 6.01. The van der Waals surface area contributed by atoms with E-state index in [9.17, 15) is 9.59 Å². The van der Waals surface area contributed by atoms with E-state index in [0.29, 0.717) is 36.4 Å². The predicted molar refractivity (Wildman–Crippen MR) is 109 cm³/mol. The Morgan fingerprint density at radius 3 is 2.48 bits per heavy atom. The van der Waals surface area contributed by atoms with Crippen LogP contribution in [-0.2, 0) is 4.79 Å². The molecule has 7 heteroatoms. The number of aryl methyl sites for hydroxylation is 1. The highest BCUT2D eigenvalue weighted by molar-refractivity contribution is 5.92. The van der Waals surface area contributed by atoms with Gasteiger partial charge in [0.05, 0.1) is 5.41 Å². The van der Waals surface area contributed by atoms with Crippen LogP contribution in [0.25, 0.3) is 0 Å². The topological polar surface area (TPSA) is 69.9 Å². The molecule has 0 N–H and O–H groups in total. The minimum atomic E-state index is -0.280. The van der Waals surface area contributed by atoms with Crippen molar-refractivity contribution in [2.75, 3.05) is 45.8 Å². The third kappa shape index (κ3) is 3.27. The van der Waals surface area contributed by atoms with Gasteiger partial charge in [-0.1, -0.05) is 19.0 Å². The first-order valence-electron chi connectivity index (χ1n) is 11.0. The average Bonchev–Trinajstić information content (AvgIpc) is 3.33. The largest absolute Gasteiger partial charge is 0.361 e. The molecular weight excluding hydrogens is 368 g/mol. The first-order chi connectivity index (χ1) is 13.8. The van der Waals surface area contributed by atoms with E-state index in [4.69, 9.17) is 4.52 Å². The molecule has 0 saturated carbocycles. The lowest BCUT2D eigenvalue weighted by molar-refractivity contribution is -0.141. The molecule has 2 spiro atoms. The molecule has 2 amide bonds. The highest BCUT2D eigenvalue weighted by Crippen LogP contribution is 2.57. The van der Waals surface area contributed by atoms with Gasteiger partial charge >= 0.3 is 0 Å². The van der Waals surface area contributed by atoms with Crippen LogP contribution in [-0.4, -0.2) is 77.5 Å². The first kappa shape index (κ1) is 20.4. The fraction of sp³-hybridized carbons (Fsp3) is 0.773. The van der Waals surface area contributed by atoms with Crippen LogP contribution >= 0.6 is 0 Å². The summed E-state index contributed by atoms with van der Waals surface area (Å²) in [7, 11) is 0. The maximum absolute atomic E-state index is 13.5. The lowest BCUT2D eigenvalue weighted by atomic mass is 9.60. The van der Waals surface area contributed by atoms with E-state index in [2.05, 4.69) is 30.8 Å². The van der Waals surface area contributed by atoms with Crippen molar-refractivity contribution in [1.29, 1.82) is 0 Å². The first-order valence-corrected chi connectivity index (χ1v) is 11.0. The summed E-state index contributed by atoms with van der Waals surface area (Å²) < 4.78 is 5.08. The van der Waals surface area contributed by atoms with Crippen molar-refractivity contribution in [2.24, 2.45) is 16.7 Å². The van der Waals surface area contributed by atoms with Crippen LogP contribution in [0.2, 0.25) is 0 Å². The molecule has 160 valence electrons. The van der Waals surface area contributed by atoms with Crippen LogP contribution in [0, 0.1) is 23.7 Å². The minimum Gasteiger partial charge on any atom is -0.361 e. The molecule has 0 aromatic carbocycles. The van der Waals surface area contributed by atoms with Crippen LogP contribution in [0.1, 0.15) is 56.3 Å². The van der Waals surface area contributed by atoms with Gasteiger partial charge in [-0.15, -0.1) is 0 Å². The van der Waals surface area contributed by atoms with Crippen molar-refractivity contribution in [2.45, 2.75) is 47.0 Å². The number of nitrogens with zero attached hydrogens (tertiary/aromatic N) is 4. The average molecular weight is 403 g/mol. The Hall–Kier alpha value is -1.89. The van der Waals surface area contributed by atoms with E-state index < -0.39 is 0 Å². The predicted octanol–water partition coefficient (Wildman–Crippen LogP) is 2.42. The number of carbonyl (C=O) groups is 2. The molecular formula is C22H34N4O3. The molecule has 4 heterocycles. The molecule has 0 unspecified atom stereocenters. The van der Waals surface area contributed by atoms with E-state index in [1.165, 1.54) is 0 Å². The number of hydrogen-bond acceptors (Lipinski definition) is 5. The van der Waals surface area contributed by atoms with Crippen molar-refractivity contribution < 1.29 is 14.1 Å². The van der Waals surface area contributed by atoms with Crippen molar-refractivity contribution in [1.82, 2.24) is 19.9 Å². The molecule has 7 nitrogen and oxygen atoms in total. The molecule has 3 fully saturated rings. The summed E-state index contributed by atoms with van der Waals surface area (Å²) in [5.41, 5.74) is 0.0758. The summed E-state index contributed by atoms with van der Waals surface area (Å²) in [6.45, 7) is 14.3. The van der Waals surface area contributed by atoms with Gasteiger partial charge in [0.2, 0.25) is 5.91 Å². The molecule has 0 bridgehead atoms. The Balaban J connectivity index is 1.55. The van der Waals surface area contributed by atoms with E-state index in [1.807, 2.05) is 9.80 Å². The van der Waals surface area contributed by atoms with Crippen LogP contribution in [0.4, 0.5) is 0 Å². The van der Waals surface area contributed by atoms with Gasteiger partial charge in [0.25, 0.3) is 5.91 Å². The highest BCUT2D eigenvalue weighted by atomic mass is 16.5. The minimum absolute atomic E-state index is 0.0284. The molecule has 3 aliphatic rings. The monoisotopic (exact) mass is 402 g/mol. The number of aromatic nitrogens is 1. The lowest BCUT2D eigenvalue weighted by Crippen LogP contribution is -2.53. The molecule has 1 aromatic heterocycles. The summed E-state index contributed by atoms with van der Waals surface area (Å²) in [5, 5.41) is 3.89. The summed E-state index contributed by atoms with van der Waals surface area (Å²) in [4.78, 5) is 32.8. The molecule has 29 heavy (non-hydrogen) atoms. The smallest absolute Gasteiger partial charge is 0.276 e. The number of fused-ring (bicyclic) bond motifs is 1. The molecule has 3 aliphatic heterocycles. The van der Waals surface area contributed by atoms with E-state index in [1.54, 1.807) is 13.0 Å². The highest BCUT2D eigenvalue weighted by Gasteiger charge is 2.64. The third-order valence-electron chi connectivity index (χ3n) is 7.40. The van der Waals surface area contributed by atoms with Crippen LogP contribution in [0.15, 0.2) is 10.6 Å². The molecule has 4 rings (SSSR count). The number of hydrogen-bond donors (Lipinski definition) is 0. The number of carbonyl (C=O) groups excluding carboxylic acids is 2. The zero-order valence-corrected chi connectivity index (χ0v) is 18.2. The summed E-state index contributed by atoms with van der Waals surface area (Å²) in [5.74, 6) is 1.52. The summed E-state index contributed by atoms with van der Waals surface area (Å²) in [6, 6.07) is 1.70. The maximum atomic E-state index is 13.5. The Morgan fingerprint density at radius 2 is 1.93 bits per heavy atom. The van der Waals surface area contributed by atoms with Gasteiger partial charge < -0.3 is 19.2 Å². The number of piperidine rings is 1. The quantitative estimate of drug-likeness (QED) is 0.774. The third-order valence-corrected chi connectivity index (χ3v) is 7.40. The second-order valence-corrected chi connectivity index (χ2v) is 9.68. The van der Waals surface area contributed by atoms with Gasteiger partial charge in [-0.25, -0.2) is 0 Å². The van der Waals surface area contributed by atoms with Crippen molar-refractivity contribution >= 4 is 11.8 Å². The Labute approximate surface area is 173 Å². The van der Waals surface area contributed by atoms with E-state index >= 15 is 0 Å². The second kappa shape index (κ2) is 7.42. The van der Waals surface area contributed by atoms with E-state index in [-0.39, 0.29) is 16.7 Å². The zero-order chi connectivity index (χ0) is 20.8. The van der Waals surface area contributed by atoms with Crippen molar-refractivity contribution in [3.63, 3.8) is 0 Å². The van der Waals surface area contributed by atoms with Crippen LogP contribution < -0.4 is 0 Å². The molecule has 0 aliphatic carbocycles. The van der Waals surface area contributed by atoms with Crippen molar-refractivity contribution in [3.8, 4) is 0 Å². The Morgan fingerprint density at radius 1 is 1.21 bits per heavy atom. The SMILES string of the molecule is CCN1CC[C@@]2(CN(CC(C)C)CC23CCN(C(=O)c2cc(C)on2)CC3)C1=O. The number of likely N-dealkylation sites (tertiary alicyclic amines) is 3. The van der Waals surface area contributed by atoms with Crippen LogP contribution in [0.3, 0.4) is 0 Å². The normalized spacial score (nSPS) is 27.1. The fourth-order valence-corrected chi connectivity index (χ4v) is 6.01. The Kier molecular flexibility index (Phi) is 5.21. The standard InChI is InChI=1S/C22H34N4O3/c1-5-25-11-8-22(20(25)28)15-24(13-16(2)3)14-21(22)6-9-26(10-7-21)19(27)18-12-17(4)29-23-18/h12,16H,5-11,13-15H2,1-4H3/t22-/m1/s1. The number of rotatable bonds is 4. The second-order valence-electron chi connectivity index (χ2n) is 9.68. The van der Waals surface area contributed by atoms with Gasteiger partial charge in [0.15, 0.2) is 5.69 Å². The summed E-state index contributed by atoms with van der Waals surface area (Å²) >= 11 is 0. The van der Waals surface area contributed by atoms with Gasteiger partial charge in [-0.05, 0) is 39.0 Å². The maximum Gasteiger partial charge on any atom is 0.276 e. The van der Waals surface area contributed by atoms with E-state index in [0.717, 1.165) is 52.0 Å². The van der Waals surface area contributed by atoms with Gasteiger partial charge in [0.1, 0.15) is 5.76 Å². The van der Waals surface area contributed by atoms with Crippen molar-refractivity contribution in [3.05, 3.63) is 17.5 Å². The lowest BCUT2D eigenvalue weighted by Gasteiger charge is -2.47. The summed E-state index contributed by atoms with van der Waals surface area (Å²) in [6.07, 6.45) is 2.71. The zero-order valence-electron chi connectivity index (χ0n) is 18.2. The van der Waals surface area contributed by atoms with Gasteiger partial charge in [-0.2, -0.15) is 0 Å². The Bertz CT molecular complexity index is 781.